The van der Waals surface area contributed by atoms with Gasteiger partial charge in [-0.25, -0.2) is 9.97 Å². The van der Waals surface area contributed by atoms with Crippen molar-refractivity contribution in [2.24, 2.45) is 5.92 Å². The van der Waals surface area contributed by atoms with Gasteiger partial charge in [-0.3, -0.25) is 0 Å². The predicted molar refractivity (Wildman–Crippen MR) is 120 cm³/mol. The average molecular weight is 428 g/mol. The van der Waals surface area contributed by atoms with Crippen molar-refractivity contribution < 1.29 is 9.13 Å². The first-order chi connectivity index (χ1) is 14.3. The molecule has 0 unspecified atom stereocenters. The van der Waals surface area contributed by atoms with Crippen LogP contribution in [0.25, 0.3) is 11.0 Å². The number of hydrogen-bond donors (Lipinski definition) is 0. The fourth-order valence-electron chi connectivity index (χ4n) is 4.32. The van der Waals surface area contributed by atoms with E-state index in [9.17, 15) is 4.39 Å². The highest BCUT2D eigenvalue weighted by Gasteiger charge is 2.27. The third-order valence-electron chi connectivity index (χ3n) is 5.89. The molecule has 4 nitrogen and oxygen atoms in total. The number of pyridine rings is 1. The molecular formula is C24H30FN3OS. The Kier molecular flexibility index (Phi) is 6.16. The van der Waals surface area contributed by atoms with E-state index in [2.05, 4.69) is 48.5 Å². The smallest absolute Gasteiger partial charge is 0.213 e. The van der Waals surface area contributed by atoms with Crippen LogP contribution in [0.1, 0.15) is 52.3 Å². The molecule has 0 spiro atoms. The van der Waals surface area contributed by atoms with E-state index in [1.54, 1.807) is 0 Å². The number of halogens is 1. The Morgan fingerprint density at radius 2 is 1.83 bits per heavy atom. The van der Waals surface area contributed by atoms with Crippen LogP contribution in [0.4, 0.5) is 4.39 Å². The Morgan fingerprint density at radius 3 is 2.50 bits per heavy atom. The first-order valence-corrected chi connectivity index (χ1v) is 11.5. The van der Waals surface area contributed by atoms with Gasteiger partial charge in [0.25, 0.3) is 0 Å². The van der Waals surface area contributed by atoms with Crippen molar-refractivity contribution in [1.29, 1.82) is 0 Å². The Bertz CT molecular complexity index is 1020. The first-order valence-electron chi connectivity index (χ1n) is 10.7. The van der Waals surface area contributed by atoms with Crippen molar-refractivity contribution >= 4 is 22.8 Å². The van der Waals surface area contributed by atoms with Crippen LogP contribution in [0.15, 0.2) is 46.3 Å². The highest BCUT2D eigenvalue weighted by Crippen LogP contribution is 2.34. The van der Waals surface area contributed by atoms with Gasteiger partial charge in [0.15, 0.2) is 0 Å². The summed E-state index contributed by atoms with van der Waals surface area (Å²) in [6.07, 6.45) is 6.60. The lowest BCUT2D eigenvalue weighted by atomic mass is 9.87. The zero-order chi connectivity index (χ0) is 21.3. The molecule has 1 saturated carbocycles. The van der Waals surface area contributed by atoms with Gasteiger partial charge in [-0.05, 0) is 55.9 Å². The number of methoxy groups -OCH3 is 1. The van der Waals surface area contributed by atoms with Crippen LogP contribution in [-0.4, -0.2) is 27.7 Å². The molecule has 160 valence electrons. The number of nitrogens with zero attached hydrogens (tertiary/aromatic N) is 3. The van der Waals surface area contributed by atoms with Gasteiger partial charge in [-0.2, -0.15) is 4.39 Å². The molecule has 0 radical (unpaired) electrons. The fourth-order valence-corrected chi connectivity index (χ4v) is 5.19. The molecule has 30 heavy (non-hydrogen) atoms. The number of hydrogen-bond acceptors (Lipinski definition) is 4. The summed E-state index contributed by atoms with van der Waals surface area (Å²) in [5.41, 5.74) is 2.15. The first kappa shape index (κ1) is 21.3. The van der Waals surface area contributed by atoms with Gasteiger partial charge in [-0.1, -0.05) is 32.5 Å². The van der Waals surface area contributed by atoms with E-state index in [0.29, 0.717) is 12.0 Å². The molecule has 4 rings (SSSR count). The Hall–Kier alpha value is -1.92. The minimum absolute atomic E-state index is 0.0374. The summed E-state index contributed by atoms with van der Waals surface area (Å²) in [5.74, 6) is 1.33. The summed E-state index contributed by atoms with van der Waals surface area (Å²) in [4.78, 5) is 10.6. The highest BCUT2D eigenvalue weighted by atomic mass is 32.2. The van der Waals surface area contributed by atoms with Crippen LogP contribution in [0, 0.1) is 11.9 Å². The fraction of sp³-hybridized carbons (Fsp3) is 0.500. The SMILES string of the molecule is COC1CCC(Cn2c(C(C)(C)C)nc3cc(Sc4ccnc(F)c4)ccc32)CC1. The maximum Gasteiger partial charge on any atom is 0.213 e. The molecule has 3 aromatic rings. The second-order valence-electron chi connectivity index (χ2n) is 9.24. The lowest BCUT2D eigenvalue weighted by Gasteiger charge is -2.29. The summed E-state index contributed by atoms with van der Waals surface area (Å²) in [6, 6.07) is 9.68. The largest absolute Gasteiger partial charge is 0.381 e. The van der Waals surface area contributed by atoms with Gasteiger partial charge in [0.1, 0.15) is 5.82 Å². The molecule has 2 aromatic heterocycles. The monoisotopic (exact) mass is 427 g/mol. The second-order valence-corrected chi connectivity index (χ2v) is 10.4. The van der Waals surface area contributed by atoms with Crippen LogP contribution in [-0.2, 0) is 16.7 Å². The summed E-state index contributed by atoms with van der Waals surface area (Å²) in [6.45, 7) is 7.67. The molecule has 0 amide bonds. The van der Waals surface area contributed by atoms with E-state index in [1.165, 1.54) is 42.4 Å². The van der Waals surface area contributed by atoms with E-state index in [1.807, 2.05) is 13.2 Å². The van der Waals surface area contributed by atoms with Crippen LogP contribution >= 0.6 is 11.8 Å². The third-order valence-corrected chi connectivity index (χ3v) is 6.87. The van der Waals surface area contributed by atoms with Crippen molar-refractivity contribution in [3.63, 3.8) is 0 Å². The van der Waals surface area contributed by atoms with Crippen LogP contribution < -0.4 is 0 Å². The van der Waals surface area contributed by atoms with Crippen molar-refractivity contribution in [3.8, 4) is 0 Å². The quantitative estimate of drug-likeness (QED) is 0.453. The van der Waals surface area contributed by atoms with Crippen LogP contribution in [0.2, 0.25) is 0 Å². The van der Waals surface area contributed by atoms with Gasteiger partial charge in [0.2, 0.25) is 5.95 Å². The van der Waals surface area contributed by atoms with E-state index >= 15 is 0 Å². The zero-order valence-electron chi connectivity index (χ0n) is 18.2. The minimum atomic E-state index is -0.455. The summed E-state index contributed by atoms with van der Waals surface area (Å²) in [7, 11) is 1.82. The predicted octanol–water partition coefficient (Wildman–Crippen LogP) is 6.22. The normalized spacial score (nSPS) is 20.0. The topological polar surface area (TPSA) is 39.9 Å². The van der Waals surface area contributed by atoms with Gasteiger partial charge < -0.3 is 9.30 Å². The number of benzene rings is 1. The van der Waals surface area contributed by atoms with Crippen molar-refractivity contribution in [2.45, 2.75) is 74.3 Å². The zero-order valence-corrected chi connectivity index (χ0v) is 19.0. The standard InChI is InChI=1S/C24H30FN3OS/c1-24(2,3)23-27-20-13-18(30-19-11-12-26-22(25)14-19)9-10-21(20)28(23)15-16-5-7-17(29-4)8-6-16/h9-14,16-17H,5-8,15H2,1-4H3. The number of imidazole rings is 1. The highest BCUT2D eigenvalue weighted by molar-refractivity contribution is 7.99. The van der Waals surface area contributed by atoms with Crippen molar-refractivity contribution in [2.75, 3.05) is 7.11 Å². The second kappa shape index (κ2) is 8.67. The molecule has 1 fully saturated rings. The summed E-state index contributed by atoms with van der Waals surface area (Å²) >= 11 is 1.53. The number of aromatic nitrogens is 3. The molecule has 0 saturated heterocycles. The van der Waals surface area contributed by atoms with E-state index in [4.69, 9.17) is 9.72 Å². The summed E-state index contributed by atoms with van der Waals surface area (Å²) in [5, 5.41) is 0. The number of rotatable bonds is 5. The molecule has 6 heteroatoms. The number of fused-ring (bicyclic) bond motifs is 1. The van der Waals surface area contributed by atoms with Crippen molar-refractivity contribution in [3.05, 3.63) is 48.3 Å². The van der Waals surface area contributed by atoms with E-state index < -0.39 is 5.95 Å². The number of ether oxygens (including phenoxy) is 1. The van der Waals surface area contributed by atoms with Crippen LogP contribution in [0.3, 0.4) is 0 Å². The Morgan fingerprint density at radius 1 is 1.10 bits per heavy atom. The van der Waals surface area contributed by atoms with E-state index in [-0.39, 0.29) is 5.41 Å². The van der Waals surface area contributed by atoms with Gasteiger partial charge >= 0.3 is 0 Å². The van der Waals surface area contributed by atoms with Gasteiger partial charge in [0, 0.05) is 41.1 Å². The molecule has 0 bridgehead atoms. The van der Waals surface area contributed by atoms with Crippen LogP contribution in [0.5, 0.6) is 0 Å². The molecule has 0 N–H and O–H groups in total. The van der Waals surface area contributed by atoms with Gasteiger partial charge in [0.05, 0.1) is 17.1 Å². The summed E-state index contributed by atoms with van der Waals surface area (Å²) < 4.78 is 21.4. The average Bonchev–Trinajstić information content (AvgIpc) is 3.07. The molecular weight excluding hydrogens is 397 g/mol. The lowest BCUT2D eigenvalue weighted by molar-refractivity contribution is 0.0541. The molecule has 0 atom stereocenters. The minimum Gasteiger partial charge on any atom is -0.381 e. The van der Waals surface area contributed by atoms with Gasteiger partial charge in [-0.15, -0.1) is 0 Å². The molecule has 0 aliphatic heterocycles. The van der Waals surface area contributed by atoms with E-state index in [0.717, 1.165) is 40.5 Å². The lowest BCUT2D eigenvalue weighted by Crippen LogP contribution is -2.26. The molecule has 1 aliphatic carbocycles. The Labute approximate surface area is 182 Å². The van der Waals surface area contributed by atoms with Crippen molar-refractivity contribution in [1.82, 2.24) is 14.5 Å². The Balaban J connectivity index is 1.63. The molecule has 1 aromatic carbocycles. The third kappa shape index (κ3) is 4.70. The molecule has 2 heterocycles. The maximum atomic E-state index is 13.4. The maximum absolute atomic E-state index is 13.4. The molecule has 1 aliphatic rings.